The molecular weight excluding hydrogens is 336 g/mol. The number of hydrogen-bond acceptors (Lipinski definition) is 5. The fourth-order valence-electron chi connectivity index (χ4n) is 2.08. The topological polar surface area (TPSA) is 114 Å². The molecule has 0 aromatic heterocycles. The molecule has 0 atom stereocenters. The first kappa shape index (κ1) is 18.8. The number of anilines is 1. The number of rotatable bonds is 4. The van der Waals surface area contributed by atoms with Crippen molar-refractivity contribution in [3.05, 3.63) is 69.3 Å². The third-order valence-electron chi connectivity index (χ3n) is 3.79. The number of hydrogen-bond donors (Lipinski definition) is 2. The molecule has 0 heterocycles. The minimum Gasteiger partial charge on any atom is -0.318 e. The van der Waals surface area contributed by atoms with Crippen LogP contribution in [0.4, 0.5) is 11.4 Å². The smallest absolute Gasteiger partial charge is 0.318 e. The molecule has 2 amide bonds. The van der Waals surface area contributed by atoms with Gasteiger partial charge in [0, 0.05) is 17.8 Å². The maximum atomic E-state index is 11.9. The molecule has 0 bridgehead atoms. The summed E-state index contributed by atoms with van der Waals surface area (Å²) < 4.78 is 0. The Morgan fingerprint density at radius 3 is 2.23 bits per heavy atom. The third-order valence-corrected chi connectivity index (χ3v) is 3.79. The molecule has 0 saturated carbocycles. The van der Waals surface area contributed by atoms with Gasteiger partial charge in [-0.15, -0.1) is 0 Å². The lowest BCUT2D eigenvalue weighted by atomic mass is 10.1. The molecule has 2 aromatic rings. The normalized spacial score (nSPS) is 11.0. The average molecular weight is 354 g/mol. The summed E-state index contributed by atoms with van der Waals surface area (Å²) in [6.45, 7) is 5.47. The molecule has 0 aliphatic rings. The first-order valence-electron chi connectivity index (χ1n) is 7.75. The minimum absolute atomic E-state index is 0.0432. The van der Waals surface area contributed by atoms with Gasteiger partial charge in [0.15, 0.2) is 0 Å². The summed E-state index contributed by atoms with van der Waals surface area (Å²) >= 11 is 0. The Bertz CT molecular complexity index is 889. The fraction of sp³-hybridized carbons (Fsp3) is 0.167. The number of nitro benzene ring substituents is 1. The maximum Gasteiger partial charge on any atom is 0.329 e. The van der Waals surface area contributed by atoms with Crippen LogP contribution in [0.5, 0.6) is 0 Å². The van der Waals surface area contributed by atoms with E-state index in [1.807, 2.05) is 19.9 Å². The zero-order valence-corrected chi connectivity index (χ0v) is 14.6. The summed E-state index contributed by atoms with van der Waals surface area (Å²) in [6.07, 6.45) is 0. The summed E-state index contributed by atoms with van der Waals surface area (Å²) in [6, 6.07) is 11.0. The van der Waals surface area contributed by atoms with Crippen LogP contribution in [0.3, 0.4) is 0 Å². The Balaban J connectivity index is 1.99. The van der Waals surface area contributed by atoms with Crippen LogP contribution in [0.1, 0.15) is 23.6 Å². The van der Waals surface area contributed by atoms with E-state index in [0.717, 1.165) is 11.1 Å². The molecule has 26 heavy (non-hydrogen) atoms. The van der Waals surface area contributed by atoms with Gasteiger partial charge in [0.05, 0.1) is 10.6 Å². The number of benzene rings is 2. The van der Waals surface area contributed by atoms with E-state index in [9.17, 15) is 19.7 Å². The van der Waals surface area contributed by atoms with Gasteiger partial charge in [0.2, 0.25) is 0 Å². The predicted octanol–water partition coefficient (Wildman–Crippen LogP) is 2.69. The molecular formula is C18H18N4O4. The quantitative estimate of drug-likeness (QED) is 0.380. The van der Waals surface area contributed by atoms with E-state index in [1.54, 1.807) is 19.1 Å². The van der Waals surface area contributed by atoms with Gasteiger partial charge in [0.25, 0.3) is 5.69 Å². The third kappa shape index (κ3) is 4.73. The van der Waals surface area contributed by atoms with Crippen molar-refractivity contribution in [3.8, 4) is 0 Å². The molecule has 0 saturated heterocycles. The number of aryl methyl sites for hydroxylation is 2. The molecule has 134 valence electrons. The maximum absolute atomic E-state index is 11.9. The van der Waals surface area contributed by atoms with Gasteiger partial charge in [-0.25, -0.2) is 5.43 Å². The molecule has 8 nitrogen and oxygen atoms in total. The number of amides is 2. The van der Waals surface area contributed by atoms with Crippen molar-refractivity contribution in [2.75, 3.05) is 5.32 Å². The average Bonchev–Trinajstić information content (AvgIpc) is 2.62. The molecule has 2 rings (SSSR count). The van der Waals surface area contributed by atoms with Gasteiger partial charge in [-0.3, -0.25) is 19.7 Å². The SMILES string of the molecule is CC(=NNC(=O)C(=O)Nc1ccc(C)c(C)c1)c1ccc([N+](=O)[O-])cc1. The first-order chi connectivity index (χ1) is 12.3. The van der Waals surface area contributed by atoms with Crippen molar-refractivity contribution >= 4 is 28.9 Å². The largest absolute Gasteiger partial charge is 0.329 e. The number of hydrazone groups is 1. The summed E-state index contributed by atoms with van der Waals surface area (Å²) in [4.78, 5) is 33.9. The molecule has 0 radical (unpaired) electrons. The van der Waals surface area contributed by atoms with Crippen LogP contribution in [-0.2, 0) is 9.59 Å². The molecule has 0 fully saturated rings. The van der Waals surface area contributed by atoms with E-state index < -0.39 is 16.7 Å². The van der Waals surface area contributed by atoms with Crippen LogP contribution in [-0.4, -0.2) is 22.4 Å². The summed E-state index contributed by atoms with van der Waals surface area (Å²) in [5.41, 5.74) is 5.71. The van der Waals surface area contributed by atoms with Gasteiger partial charge in [-0.1, -0.05) is 6.07 Å². The number of nitrogens with one attached hydrogen (secondary N) is 2. The lowest BCUT2D eigenvalue weighted by molar-refractivity contribution is -0.384. The Morgan fingerprint density at radius 1 is 1.00 bits per heavy atom. The first-order valence-corrected chi connectivity index (χ1v) is 7.75. The van der Waals surface area contributed by atoms with Gasteiger partial charge in [0.1, 0.15) is 0 Å². The van der Waals surface area contributed by atoms with Crippen molar-refractivity contribution in [1.82, 2.24) is 5.43 Å². The highest BCUT2D eigenvalue weighted by Gasteiger charge is 2.14. The van der Waals surface area contributed by atoms with E-state index in [0.29, 0.717) is 17.0 Å². The van der Waals surface area contributed by atoms with Crippen molar-refractivity contribution in [2.45, 2.75) is 20.8 Å². The van der Waals surface area contributed by atoms with Gasteiger partial charge in [-0.05, 0) is 61.7 Å². The zero-order valence-electron chi connectivity index (χ0n) is 14.6. The summed E-state index contributed by atoms with van der Waals surface area (Å²) in [7, 11) is 0. The van der Waals surface area contributed by atoms with Crippen LogP contribution in [0.15, 0.2) is 47.6 Å². The van der Waals surface area contributed by atoms with Crippen molar-refractivity contribution in [2.24, 2.45) is 5.10 Å². The highest BCUT2D eigenvalue weighted by atomic mass is 16.6. The van der Waals surface area contributed by atoms with Gasteiger partial charge < -0.3 is 5.32 Å². The van der Waals surface area contributed by atoms with Crippen LogP contribution < -0.4 is 10.7 Å². The lowest BCUT2D eigenvalue weighted by Crippen LogP contribution is -2.33. The van der Waals surface area contributed by atoms with Crippen molar-refractivity contribution in [3.63, 3.8) is 0 Å². The number of non-ortho nitro benzene ring substituents is 1. The van der Waals surface area contributed by atoms with Crippen LogP contribution in [0.2, 0.25) is 0 Å². The minimum atomic E-state index is -0.913. The van der Waals surface area contributed by atoms with E-state index in [1.165, 1.54) is 24.3 Å². The number of nitro groups is 1. The predicted molar refractivity (Wildman–Crippen MR) is 98.0 cm³/mol. The molecule has 0 spiro atoms. The standard InChI is InChI=1S/C18H18N4O4/c1-11-4-7-15(10-12(11)2)19-17(23)18(24)21-20-13(3)14-5-8-16(9-6-14)22(25)26/h4-10H,1-3H3,(H,19,23)(H,21,24). The second kappa shape index (κ2) is 8.02. The van der Waals surface area contributed by atoms with Gasteiger partial charge in [-0.2, -0.15) is 5.10 Å². The molecule has 0 aliphatic carbocycles. The van der Waals surface area contributed by atoms with Gasteiger partial charge >= 0.3 is 11.8 Å². The second-order valence-corrected chi connectivity index (χ2v) is 5.70. The number of carbonyl (C=O) groups is 2. The van der Waals surface area contributed by atoms with E-state index >= 15 is 0 Å². The lowest BCUT2D eigenvalue weighted by Gasteiger charge is -2.07. The molecule has 0 aliphatic heterocycles. The van der Waals surface area contributed by atoms with E-state index in [-0.39, 0.29) is 5.69 Å². The van der Waals surface area contributed by atoms with Crippen LogP contribution >= 0.6 is 0 Å². The fourth-order valence-corrected chi connectivity index (χ4v) is 2.08. The molecule has 0 unspecified atom stereocenters. The van der Waals surface area contributed by atoms with Crippen LogP contribution in [0.25, 0.3) is 0 Å². The molecule has 2 aromatic carbocycles. The monoisotopic (exact) mass is 354 g/mol. The van der Waals surface area contributed by atoms with E-state index in [2.05, 4.69) is 15.8 Å². The summed E-state index contributed by atoms with van der Waals surface area (Å²) in [5.74, 6) is -1.75. The Hall–Kier alpha value is -3.55. The Morgan fingerprint density at radius 2 is 1.65 bits per heavy atom. The zero-order chi connectivity index (χ0) is 19.3. The molecule has 2 N–H and O–H groups in total. The highest BCUT2D eigenvalue weighted by Crippen LogP contribution is 2.14. The van der Waals surface area contributed by atoms with Crippen molar-refractivity contribution in [1.29, 1.82) is 0 Å². The highest BCUT2D eigenvalue weighted by molar-refractivity contribution is 6.39. The van der Waals surface area contributed by atoms with Crippen LogP contribution in [0, 0.1) is 24.0 Å². The summed E-state index contributed by atoms with van der Waals surface area (Å²) in [5, 5.41) is 17.0. The van der Waals surface area contributed by atoms with Crippen molar-refractivity contribution < 1.29 is 14.5 Å². The molecule has 8 heteroatoms. The Labute approximate surface area is 150 Å². The Kier molecular flexibility index (Phi) is 5.79. The number of carbonyl (C=O) groups excluding carboxylic acids is 2. The van der Waals surface area contributed by atoms with E-state index in [4.69, 9.17) is 0 Å². The second-order valence-electron chi connectivity index (χ2n) is 5.70. The number of nitrogens with zero attached hydrogens (tertiary/aromatic N) is 2.